The molecule has 0 aliphatic rings. The average molecular weight is 410 g/mol. The Kier molecular flexibility index (Phi) is 5.21. The second-order valence-electron chi connectivity index (χ2n) is 6.85. The first kappa shape index (κ1) is 19.9. The Morgan fingerprint density at radius 2 is 1.55 bits per heavy atom. The third kappa shape index (κ3) is 3.87. The molecule has 0 spiro atoms. The van der Waals surface area contributed by atoms with Crippen molar-refractivity contribution >= 4 is 23.0 Å². The van der Waals surface area contributed by atoms with Crippen LogP contribution in [0.4, 0.5) is 0 Å². The minimum absolute atomic E-state index is 0.0262. The average Bonchev–Trinajstić information content (AvgIpc) is 2.81. The van der Waals surface area contributed by atoms with Gasteiger partial charge in [-0.2, -0.15) is 0 Å². The van der Waals surface area contributed by atoms with E-state index in [-0.39, 0.29) is 28.3 Å². The Labute approximate surface area is 177 Å². The van der Waals surface area contributed by atoms with Crippen molar-refractivity contribution in [2.45, 2.75) is 0 Å². The zero-order valence-corrected chi connectivity index (χ0v) is 16.9. The largest absolute Gasteiger partial charge is 0.507 e. The monoisotopic (exact) mass is 410 g/mol. The zero-order valence-electron chi connectivity index (χ0n) is 16.9. The molecule has 0 radical (unpaired) electrons. The number of aliphatic hydroxyl groups excluding tert-OH is 1. The van der Waals surface area contributed by atoms with E-state index in [9.17, 15) is 14.7 Å². The third-order valence-corrected chi connectivity index (χ3v) is 4.75. The molecule has 0 atom stereocenters. The minimum Gasteiger partial charge on any atom is -0.507 e. The molecular formula is C24H18N4O3. The molecule has 31 heavy (non-hydrogen) atoms. The van der Waals surface area contributed by atoms with Gasteiger partial charge in [0.1, 0.15) is 17.1 Å². The molecule has 0 unspecified atom stereocenters. The van der Waals surface area contributed by atoms with E-state index in [1.54, 1.807) is 24.3 Å². The van der Waals surface area contributed by atoms with Gasteiger partial charge in [-0.15, -0.1) is 0 Å². The first-order chi connectivity index (χ1) is 15.0. The summed E-state index contributed by atoms with van der Waals surface area (Å²) in [5.74, 6) is 5.91. The summed E-state index contributed by atoms with van der Waals surface area (Å²) in [6.07, 6.45) is 1.43. The van der Waals surface area contributed by atoms with Crippen molar-refractivity contribution in [2.75, 3.05) is 0 Å². The molecule has 0 saturated carbocycles. The van der Waals surface area contributed by atoms with Crippen LogP contribution in [0.25, 0.3) is 23.0 Å². The van der Waals surface area contributed by atoms with Gasteiger partial charge in [0.2, 0.25) is 0 Å². The predicted molar refractivity (Wildman–Crippen MR) is 119 cm³/mol. The smallest absolute Gasteiger partial charge is 0.332 e. The van der Waals surface area contributed by atoms with Crippen molar-refractivity contribution in [2.24, 2.45) is 14.1 Å². The van der Waals surface area contributed by atoms with E-state index in [0.717, 1.165) is 10.1 Å². The van der Waals surface area contributed by atoms with E-state index >= 15 is 0 Å². The number of benzene rings is 2. The number of aromatic nitrogens is 4. The number of fused-ring (bicyclic) bond motifs is 1. The Hall–Kier alpha value is -4.44. The van der Waals surface area contributed by atoms with Crippen LogP contribution in [0.15, 0.2) is 70.3 Å². The summed E-state index contributed by atoms with van der Waals surface area (Å²) in [6, 6.07) is 18.3. The maximum absolute atomic E-state index is 12.6. The summed E-state index contributed by atoms with van der Waals surface area (Å²) in [4.78, 5) is 33.8. The van der Waals surface area contributed by atoms with Gasteiger partial charge in [0.25, 0.3) is 5.56 Å². The van der Waals surface area contributed by atoms with Gasteiger partial charge in [-0.25, -0.2) is 14.8 Å². The number of aryl methyl sites for hydroxylation is 1. The lowest BCUT2D eigenvalue weighted by Gasteiger charge is -2.08. The highest BCUT2D eigenvalue weighted by molar-refractivity contribution is 5.80. The van der Waals surface area contributed by atoms with E-state index in [4.69, 9.17) is 0 Å². The SMILES string of the molecule is Cn1c(=O)c2nc(C#Cc3ccccc3)c(/C=C(\O)c3ccccc3)nc2n(C)c1=O. The van der Waals surface area contributed by atoms with Crippen LogP contribution in [-0.4, -0.2) is 24.2 Å². The highest BCUT2D eigenvalue weighted by Gasteiger charge is 2.15. The molecule has 0 saturated heterocycles. The van der Waals surface area contributed by atoms with Gasteiger partial charge in [-0.05, 0) is 18.1 Å². The standard InChI is InChI=1S/C24H18N4O3/c1-27-22-21(23(30)28(2)24(27)31)25-18(14-13-16-9-5-3-6-10-16)19(26-22)15-20(29)17-11-7-4-8-12-17/h3-12,15,29H,1-2H3/b20-15-. The Morgan fingerprint density at radius 3 is 2.23 bits per heavy atom. The summed E-state index contributed by atoms with van der Waals surface area (Å²) in [7, 11) is 2.90. The normalized spacial score (nSPS) is 11.2. The number of rotatable bonds is 2. The van der Waals surface area contributed by atoms with E-state index in [1.165, 1.54) is 24.7 Å². The van der Waals surface area contributed by atoms with Crippen molar-refractivity contribution in [3.05, 3.63) is 104 Å². The summed E-state index contributed by atoms with van der Waals surface area (Å²) >= 11 is 0. The van der Waals surface area contributed by atoms with Crippen LogP contribution in [-0.2, 0) is 14.1 Å². The first-order valence-corrected chi connectivity index (χ1v) is 9.46. The quantitative estimate of drug-likeness (QED) is 0.405. The fourth-order valence-electron chi connectivity index (χ4n) is 3.04. The molecule has 4 aromatic rings. The van der Waals surface area contributed by atoms with E-state index in [1.807, 2.05) is 36.4 Å². The van der Waals surface area contributed by atoms with Gasteiger partial charge in [0.15, 0.2) is 11.2 Å². The van der Waals surface area contributed by atoms with Crippen molar-refractivity contribution in [3.8, 4) is 11.8 Å². The summed E-state index contributed by atoms with van der Waals surface area (Å²) in [6.45, 7) is 0. The third-order valence-electron chi connectivity index (χ3n) is 4.75. The molecule has 4 rings (SSSR count). The maximum atomic E-state index is 12.6. The number of aliphatic hydroxyl groups is 1. The van der Waals surface area contributed by atoms with Crippen molar-refractivity contribution in [1.29, 1.82) is 0 Å². The van der Waals surface area contributed by atoms with Crippen molar-refractivity contribution in [3.63, 3.8) is 0 Å². The lowest BCUT2D eigenvalue weighted by Crippen LogP contribution is -2.38. The van der Waals surface area contributed by atoms with Gasteiger partial charge >= 0.3 is 5.69 Å². The second kappa shape index (κ2) is 8.13. The van der Waals surface area contributed by atoms with Gasteiger partial charge in [-0.1, -0.05) is 54.5 Å². The Morgan fingerprint density at radius 1 is 0.903 bits per heavy atom. The molecule has 0 bridgehead atoms. The van der Waals surface area contributed by atoms with Gasteiger partial charge in [0, 0.05) is 31.3 Å². The van der Waals surface area contributed by atoms with E-state index in [0.29, 0.717) is 5.56 Å². The van der Waals surface area contributed by atoms with Crippen LogP contribution in [0.5, 0.6) is 0 Å². The highest BCUT2D eigenvalue weighted by Crippen LogP contribution is 2.17. The molecule has 7 nitrogen and oxygen atoms in total. The Bertz CT molecular complexity index is 1490. The summed E-state index contributed by atoms with van der Waals surface area (Å²) in [5.41, 5.74) is 0.886. The fourth-order valence-corrected chi connectivity index (χ4v) is 3.04. The summed E-state index contributed by atoms with van der Waals surface area (Å²) < 4.78 is 2.22. The molecule has 0 aliphatic carbocycles. The molecule has 7 heteroatoms. The van der Waals surface area contributed by atoms with Crippen LogP contribution < -0.4 is 11.2 Å². The van der Waals surface area contributed by atoms with Crippen molar-refractivity contribution < 1.29 is 5.11 Å². The minimum atomic E-state index is -0.559. The molecular weight excluding hydrogens is 392 g/mol. The molecule has 2 aromatic carbocycles. The molecule has 152 valence electrons. The number of hydrogen-bond acceptors (Lipinski definition) is 5. The molecule has 0 amide bonds. The van der Waals surface area contributed by atoms with Crippen molar-refractivity contribution in [1.82, 2.24) is 19.1 Å². The second-order valence-corrected chi connectivity index (χ2v) is 6.85. The fraction of sp³-hybridized carbons (Fsp3) is 0.0833. The van der Waals surface area contributed by atoms with Crippen LogP contribution in [0.1, 0.15) is 22.5 Å². The van der Waals surface area contributed by atoms with Crippen LogP contribution in [0.3, 0.4) is 0 Å². The maximum Gasteiger partial charge on any atom is 0.332 e. The van der Waals surface area contributed by atoms with Gasteiger partial charge < -0.3 is 5.11 Å². The zero-order chi connectivity index (χ0) is 22.0. The molecule has 0 aliphatic heterocycles. The Balaban J connectivity index is 1.99. The van der Waals surface area contributed by atoms with Crippen LogP contribution >= 0.6 is 0 Å². The summed E-state index contributed by atoms with van der Waals surface area (Å²) in [5, 5.41) is 10.6. The number of hydrogen-bond donors (Lipinski definition) is 1. The number of nitrogens with zero attached hydrogens (tertiary/aromatic N) is 4. The lowest BCUT2D eigenvalue weighted by molar-refractivity contribution is 0.515. The molecule has 2 heterocycles. The van der Waals surface area contributed by atoms with Crippen LogP contribution in [0, 0.1) is 11.8 Å². The molecule has 0 fully saturated rings. The molecule has 2 aromatic heterocycles. The topological polar surface area (TPSA) is 90.0 Å². The van der Waals surface area contributed by atoms with E-state index < -0.39 is 11.2 Å². The van der Waals surface area contributed by atoms with Crippen LogP contribution in [0.2, 0.25) is 0 Å². The predicted octanol–water partition coefficient (Wildman–Crippen LogP) is 2.48. The molecule has 1 N–H and O–H groups in total. The van der Waals surface area contributed by atoms with E-state index in [2.05, 4.69) is 21.8 Å². The first-order valence-electron chi connectivity index (χ1n) is 9.46. The van der Waals surface area contributed by atoms with Gasteiger partial charge in [0.05, 0.1) is 0 Å². The lowest BCUT2D eigenvalue weighted by atomic mass is 10.1. The van der Waals surface area contributed by atoms with Gasteiger partial charge in [-0.3, -0.25) is 13.9 Å². The highest BCUT2D eigenvalue weighted by atomic mass is 16.3.